The molecule has 0 aliphatic carbocycles. The van der Waals surface area contributed by atoms with E-state index in [4.69, 9.17) is 9.47 Å². The molecule has 1 rings (SSSR count). The average molecular weight is 281 g/mol. The van der Waals surface area contributed by atoms with Crippen LogP contribution < -0.4 is 4.74 Å². The fourth-order valence-corrected chi connectivity index (χ4v) is 1.56. The molecule has 0 aliphatic rings. The summed E-state index contributed by atoms with van der Waals surface area (Å²) in [4.78, 5) is 21.6. The summed E-state index contributed by atoms with van der Waals surface area (Å²) in [6.07, 6.45) is 0. The van der Waals surface area contributed by atoms with Crippen LogP contribution in [-0.2, 0) is 4.74 Å². The predicted molar refractivity (Wildman–Crippen MR) is 74.3 cm³/mol. The predicted octanol–water partition coefficient (Wildman–Crippen LogP) is 2.99. The molecule has 110 valence electrons. The highest BCUT2D eigenvalue weighted by atomic mass is 16.6. The second kappa shape index (κ2) is 6.47. The molecule has 0 atom stereocenters. The van der Waals surface area contributed by atoms with E-state index in [1.54, 1.807) is 6.07 Å². The van der Waals surface area contributed by atoms with Gasteiger partial charge >= 0.3 is 0 Å². The van der Waals surface area contributed by atoms with Crippen molar-refractivity contribution in [3.05, 3.63) is 33.9 Å². The van der Waals surface area contributed by atoms with E-state index in [0.29, 0.717) is 12.4 Å². The van der Waals surface area contributed by atoms with Crippen molar-refractivity contribution in [1.29, 1.82) is 0 Å². The maximum Gasteiger partial charge on any atom is 0.283 e. The van der Waals surface area contributed by atoms with Gasteiger partial charge in [-0.3, -0.25) is 14.9 Å². The maximum atomic E-state index is 11.3. The van der Waals surface area contributed by atoms with Gasteiger partial charge < -0.3 is 9.47 Å². The minimum absolute atomic E-state index is 0.0771. The topological polar surface area (TPSA) is 78.7 Å². The number of rotatable bonds is 6. The molecule has 0 heterocycles. The van der Waals surface area contributed by atoms with Gasteiger partial charge in [0, 0.05) is 0 Å². The molecule has 0 bridgehead atoms. The first-order chi connectivity index (χ1) is 9.20. The molecule has 0 spiro atoms. The quantitative estimate of drug-likeness (QED) is 0.346. The molecular weight excluding hydrogens is 262 g/mol. The highest BCUT2D eigenvalue weighted by molar-refractivity contribution is 5.98. The van der Waals surface area contributed by atoms with Gasteiger partial charge in [0.25, 0.3) is 5.69 Å². The third-order valence-corrected chi connectivity index (χ3v) is 2.43. The summed E-state index contributed by atoms with van der Waals surface area (Å²) in [5.41, 5.74) is -0.423. The normalized spacial score (nSPS) is 11.2. The highest BCUT2D eigenvalue weighted by Gasteiger charge is 2.18. The van der Waals surface area contributed by atoms with Gasteiger partial charge in [-0.05, 0) is 39.8 Å². The fourth-order valence-electron chi connectivity index (χ4n) is 1.56. The van der Waals surface area contributed by atoms with Crippen molar-refractivity contribution >= 4 is 11.5 Å². The first-order valence-corrected chi connectivity index (χ1v) is 6.27. The van der Waals surface area contributed by atoms with E-state index in [-0.39, 0.29) is 29.2 Å². The van der Waals surface area contributed by atoms with E-state index in [1.807, 2.05) is 20.8 Å². The number of ketones is 1. The summed E-state index contributed by atoms with van der Waals surface area (Å²) in [5.74, 6) is -0.00137. The molecule has 0 saturated carbocycles. The molecule has 0 fully saturated rings. The fraction of sp³-hybridized carbons (Fsp3) is 0.500. The van der Waals surface area contributed by atoms with Gasteiger partial charge in [0.05, 0.1) is 28.8 Å². The van der Waals surface area contributed by atoms with E-state index in [2.05, 4.69) is 0 Å². The third-order valence-electron chi connectivity index (χ3n) is 2.43. The van der Waals surface area contributed by atoms with Crippen LogP contribution in [0.5, 0.6) is 5.75 Å². The summed E-state index contributed by atoms with van der Waals surface area (Å²) in [6, 6.07) is 4.20. The monoisotopic (exact) mass is 281 g/mol. The molecule has 6 heteroatoms. The van der Waals surface area contributed by atoms with Gasteiger partial charge in [-0.2, -0.15) is 0 Å². The molecule has 0 radical (unpaired) electrons. The second-order valence-corrected chi connectivity index (χ2v) is 5.30. The third kappa shape index (κ3) is 4.97. The van der Waals surface area contributed by atoms with Crippen molar-refractivity contribution in [2.45, 2.75) is 33.3 Å². The Morgan fingerprint density at radius 2 is 1.95 bits per heavy atom. The number of nitro benzene ring substituents is 1. The van der Waals surface area contributed by atoms with Crippen LogP contribution in [0.2, 0.25) is 0 Å². The minimum Gasteiger partial charge on any atom is -0.491 e. The van der Waals surface area contributed by atoms with Crippen molar-refractivity contribution in [3.8, 4) is 5.75 Å². The zero-order valence-corrected chi connectivity index (χ0v) is 12.1. The van der Waals surface area contributed by atoms with Crippen LogP contribution in [0.1, 0.15) is 38.1 Å². The first kappa shape index (κ1) is 16.1. The second-order valence-electron chi connectivity index (χ2n) is 5.30. The van der Waals surface area contributed by atoms with Crippen molar-refractivity contribution < 1.29 is 19.2 Å². The number of hydrogen-bond donors (Lipinski definition) is 0. The molecule has 1 aromatic carbocycles. The Hall–Kier alpha value is -1.95. The molecular formula is C14H19NO5. The number of carbonyl (C=O) groups is 1. The lowest BCUT2D eigenvalue weighted by molar-refractivity contribution is -0.385. The van der Waals surface area contributed by atoms with Crippen molar-refractivity contribution in [2.75, 3.05) is 13.2 Å². The van der Waals surface area contributed by atoms with Crippen LogP contribution in [0, 0.1) is 10.1 Å². The van der Waals surface area contributed by atoms with Crippen LogP contribution >= 0.6 is 0 Å². The summed E-state index contributed by atoms with van der Waals surface area (Å²) in [5, 5.41) is 10.9. The first-order valence-electron chi connectivity index (χ1n) is 6.27. The number of carbonyl (C=O) groups excluding carboxylic acids is 1. The summed E-state index contributed by atoms with van der Waals surface area (Å²) >= 11 is 0. The molecule has 0 amide bonds. The number of nitro groups is 1. The smallest absolute Gasteiger partial charge is 0.283 e. The van der Waals surface area contributed by atoms with E-state index >= 15 is 0 Å². The Bertz CT molecular complexity index is 505. The standard InChI is InChI=1S/C14H19NO5/c1-10(16)12-6-5-11(9-13(12)15(17)18)19-7-8-20-14(2,3)4/h5-6,9H,7-8H2,1-4H3. The number of ether oxygens (including phenoxy) is 2. The zero-order chi connectivity index (χ0) is 15.3. The van der Waals surface area contributed by atoms with E-state index in [1.165, 1.54) is 19.1 Å². The number of Topliss-reactive ketones (excluding diaryl/α,β-unsaturated/α-hetero) is 1. The Morgan fingerprint density at radius 3 is 2.45 bits per heavy atom. The summed E-state index contributed by atoms with van der Waals surface area (Å²) in [6.45, 7) is 7.75. The number of nitrogens with zero attached hydrogens (tertiary/aromatic N) is 1. The molecule has 0 aromatic heterocycles. The van der Waals surface area contributed by atoms with E-state index in [9.17, 15) is 14.9 Å². The molecule has 0 aliphatic heterocycles. The Labute approximate surface area is 117 Å². The van der Waals surface area contributed by atoms with E-state index < -0.39 is 4.92 Å². The molecule has 20 heavy (non-hydrogen) atoms. The highest BCUT2D eigenvalue weighted by Crippen LogP contribution is 2.25. The average Bonchev–Trinajstić information content (AvgIpc) is 2.33. The van der Waals surface area contributed by atoms with Crippen molar-refractivity contribution in [1.82, 2.24) is 0 Å². The van der Waals surface area contributed by atoms with E-state index in [0.717, 1.165) is 0 Å². The minimum atomic E-state index is -0.588. The van der Waals surface area contributed by atoms with Crippen molar-refractivity contribution in [3.63, 3.8) is 0 Å². The van der Waals surface area contributed by atoms with Crippen LogP contribution in [-0.4, -0.2) is 29.5 Å². The summed E-state index contributed by atoms with van der Waals surface area (Å²) in [7, 11) is 0. The lowest BCUT2D eigenvalue weighted by Gasteiger charge is -2.19. The van der Waals surface area contributed by atoms with Crippen molar-refractivity contribution in [2.24, 2.45) is 0 Å². The van der Waals surface area contributed by atoms with Crippen LogP contribution in [0.3, 0.4) is 0 Å². The zero-order valence-electron chi connectivity index (χ0n) is 12.1. The van der Waals surface area contributed by atoms with Gasteiger partial charge in [-0.15, -0.1) is 0 Å². The van der Waals surface area contributed by atoms with Crippen LogP contribution in [0.25, 0.3) is 0 Å². The molecule has 0 N–H and O–H groups in total. The maximum absolute atomic E-state index is 11.3. The number of benzene rings is 1. The SMILES string of the molecule is CC(=O)c1ccc(OCCOC(C)(C)C)cc1[N+](=O)[O-]. The van der Waals surface area contributed by atoms with Crippen LogP contribution in [0.15, 0.2) is 18.2 Å². The molecule has 0 unspecified atom stereocenters. The van der Waals surface area contributed by atoms with Gasteiger partial charge in [0.1, 0.15) is 12.4 Å². The Kier molecular flexibility index (Phi) is 5.21. The molecule has 0 saturated heterocycles. The van der Waals surface area contributed by atoms with Gasteiger partial charge in [0.15, 0.2) is 5.78 Å². The van der Waals surface area contributed by atoms with Gasteiger partial charge in [-0.25, -0.2) is 0 Å². The Morgan fingerprint density at radius 1 is 1.30 bits per heavy atom. The lowest BCUT2D eigenvalue weighted by Crippen LogP contribution is -2.22. The number of hydrogen-bond acceptors (Lipinski definition) is 5. The van der Waals surface area contributed by atoms with Gasteiger partial charge in [-0.1, -0.05) is 0 Å². The molecule has 6 nitrogen and oxygen atoms in total. The van der Waals surface area contributed by atoms with Gasteiger partial charge in [0.2, 0.25) is 0 Å². The molecule has 1 aromatic rings. The lowest BCUT2D eigenvalue weighted by atomic mass is 10.1. The van der Waals surface area contributed by atoms with Crippen LogP contribution in [0.4, 0.5) is 5.69 Å². The Balaban J connectivity index is 2.71. The largest absolute Gasteiger partial charge is 0.491 e. The summed E-state index contributed by atoms with van der Waals surface area (Å²) < 4.78 is 10.9.